The Kier molecular flexibility index (Phi) is 4.85. The molecule has 3 aromatic carbocycles. The van der Waals surface area contributed by atoms with Crippen molar-refractivity contribution in [3.8, 4) is 17.0 Å². The molecule has 134 valence electrons. The highest BCUT2D eigenvalue weighted by molar-refractivity contribution is 7.14. The second-order valence-electron chi connectivity index (χ2n) is 6.18. The monoisotopic (exact) mass is 373 g/mol. The van der Waals surface area contributed by atoms with Crippen LogP contribution in [0, 0.1) is 6.92 Å². The largest absolute Gasteiger partial charge is 0.496 e. The first kappa shape index (κ1) is 17.2. The van der Waals surface area contributed by atoms with Crippen LogP contribution < -0.4 is 10.2 Å². The lowest BCUT2D eigenvalue weighted by Gasteiger charge is -2.08. The summed E-state index contributed by atoms with van der Waals surface area (Å²) in [6.45, 7) is 2.08. The Balaban J connectivity index is 1.57. The molecule has 1 heterocycles. The Bertz CT molecular complexity index is 1100. The van der Waals surface area contributed by atoms with E-state index in [-0.39, 0.29) is 0 Å². The summed E-state index contributed by atoms with van der Waals surface area (Å²) < 4.78 is 5.50. The average Bonchev–Trinajstić information content (AvgIpc) is 3.17. The molecule has 0 fully saturated rings. The van der Waals surface area contributed by atoms with Gasteiger partial charge in [0.25, 0.3) is 0 Å². The first-order chi connectivity index (χ1) is 13.2. The number of methoxy groups -OCH3 is 1. The highest BCUT2D eigenvalue weighted by atomic mass is 32.1. The maximum absolute atomic E-state index is 5.50. The van der Waals surface area contributed by atoms with Gasteiger partial charge in [-0.05, 0) is 23.8 Å². The fourth-order valence-electron chi connectivity index (χ4n) is 2.92. The smallest absolute Gasteiger partial charge is 0.203 e. The molecule has 0 bridgehead atoms. The number of nitrogens with zero attached hydrogens (tertiary/aromatic N) is 2. The number of thiazole rings is 1. The lowest BCUT2D eigenvalue weighted by atomic mass is 10.0. The van der Waals surface area contributed by atoms with E-state index in [1.165, 1.54) is 16.9 Å². The van der Waals surface area contributed by atoms with Crippen molar-refractivity contribution in [3.63, 3.8) is 0 Å². The molecule has 0 saturated heterocycles. The molecule has 0 unspecified atom stereocenters. The van der Waals surface area contributed by atoms with Gasteiger partial charge in [0.1, 0.15) is 5.75 Å². The highest BCUT2D eigenvalue weighted by Gasteiger charge is 2.07. The van der Waals surface area contributed by atoms with E-state index >= 15 is 0 Å². The number of hydrogen-bond acceptors (Lipinski definition) is 5. The molecule has 0 radical (unpaired) electrons. The molecule has 0 saturated carbocycles. The SMILES string of the molecule is COc1ccc2ccccc2c1/C=N/Nc1nc(-c2ccc(C)cc2)cs1. The molecule has 4 nitrogen and oxygen atoms in total. The van der Waals surface area contributed by atoms with Gasteiger partial charge < -0.3 is 4.74 Å². The molecular formula is C22H19N3OS. The number of hydrazone groups is 1. The molecular weight excluding hydrogens is 354 g/mol. The molecule has 1 N–H and O–H groups in total. The maximum atomic E-state index is 5.50. The summed E-state index contributed by atoms with van der Waals surface area (Å²) in [5.74, 6) is 0.790. The van der Waals surface area contributed by atoms with Crippen molar-refractivity contribution < 1.29 is 4.74 Å². The molecule has 27 heavy (non-hydrogen) atoms. The zero-order chi connectivity index (χ0) is 18.6. The van der Waals surface area contributed by atoms with Crippen LogP contribution in [-0.4, -0.2) is 18.3 Å². The Morgan fingerprint density at radius 2 is 1.85 bits per heavy atom. The number of aromatic nitrogens is 1. The fourth-order valence-corrected chi connectivity index (χ4v) is 3.59. The molecule has 1 aromatic heterocycles. The number of hydrogen-bond donors (Lipinski definition) is 1. The number of fused-ring (bicyclic) bond motifs is 1. The number of aryl methyl sites for hydroxylation is 1. The van der Waals surface area contributed by atoms with Crippen LogP contribution in [0.25, 0.3) is 22.0 Å². The van der Waals surface area contributed by atoms with Crippen LogP contribution in [0.15, 0.2) is 71.1 Å². The number of benzene rings is 3. The van der Waals surface area contributed by atoms with E-state index in [0.717, 1.165) is 38.5 Å². The van der Waals surface area contributed by atoms with Crippen molar-refractivity contribution in [1.29, 1.82) is 0 Å². The van der Waals surface area contributed by atoms with Crippen LogP contribution in [0.3, 0.4) is 0 Å². The lowest BCUT2D eigenvalue weighted by Crippen LogP contribution is -1.95. The first-order valence-electron chi connectivity index (χ1n) is 8.62. The first-order valence-corrected chi connectivity index (χ1v) is 9.50. The van der Waals surface area contributed by atoms with Gasteiger partial charge in [-0.15, -0.1) is 11.3 Å². The van der Waals surface area contributed by atoms with Gasteiger partial charge in [0, 0.05) is 16.5 Å². The van der Waals surface area contributed by atoms with Crippen LogP contribution >= 0.6 is 11.3 Å². The molecule has 5 heteroatoms. The Labute approximate surface area is 162 Å². The van der Waals surface area contributed by atoms with Crippen LogP contribution in [0.2, 0.25) is 0 Å². The molecule has 0 spiro atoms. The molecule has 0 aliphatic carbocycles. The molecule has 0 aliphatic heterocycles. The average molecular weight is 373 g/mol. The van der Waals surface area contributed by atoms with E-state index in [1.807, 2.05) is 29.6 Å². The zero-order valence-corrected chi connectivity index (χ0v) is 16.0. The third-order valence-electron chi connectivity index (χ3n) is 4.36. The maximum Gasteiger partial charge on any atom is 0.203 e. The van der Waals surface area contributed by atoms with E-state index in [2.05, 4.69) is 58.8 Å². The number of nitrogens with one attached hydrogen (secondary N) is 1. The van der Waals surface area contributed by atoms with Crippen LogP contribution in [-0.2, 0) is 0 Å². The van der Waals surface area contributed by atoms with E-state index in [0.29, 0.717) is 0 Å². The minimum atomic E-state index is 0.751. The zero-order valence-electron chi connectivity index (χ0n) is 15.1. The van der Waals surface area contributed by atoms with Gasteiger partial charge in [-0.25, -0.2) is 4.98 Å². The van der Waals surface area contributed by atoms with Gasteiger partial charge >= 0.3 is 0 Å². The van der Waals surface area contributed by atoms with Crippen LogP contribution in [0.4, 0.5) is 5.13 Å². The molecule has 0 atom stereocenters. The normalized spacial score (nSPS) is 11.2. The van der Waals surface area contributed by atoms with Gasteiger partial charge in [-0.3, -0.25) is 5.43 Å². The van der Waals surface area contributed by atoms with E-state index in [9.17, 15) is 0 Å². The summed E-state index contributed by atoms with van der Waals surface area (Å²) in [5.41, 5.74) is 7.26. The number of ether oxygens (including phenoxy) is 1. The van der Waals surface area contributed by atoms with Gasteiger partial charge in [-0.1, -0.05) is 60.2 Å². The summed E-state index contributed by atoms with van der Waals surface area (Å²) in [6, 6.07) is 20.5. The summed E-state index contributed by atoms with van der Waals surface area (Å²) in [4.78, 5) is 4.61. The van der Waals surface area contributed by atoms with Crippen molar-refractivity contribution in [2.24, 2.45) is 5.10 Å². The summed E-state index contributed by atoms with van der Waals surface area (Å²) in [5, 5.41) is 9.41. The van der Waals surface area contributed by atoms with Crippen LogP contribution in [0.1, 0.15) is 11.1 Å². The second kappa shape index (κ2) is 7.60. The van der Waals surface area contributed by atoms with Gasteiger partial charge in [0.15, 0.2) is 0 Å². The third kappa shape index (κ3) is 3.68. The number of rotatable bonds is 5. The van der Waals surface area contributed by atoms with E-state index in [4.69, 9.17) is 4.74 Å². The fraction of sp³-hybridized carbons (Fsp3) is 0.0909. The summed E-state index contributed by atoms with van der Waals surface area (Å²) in [6.07, 6.45) is 1.79. The quantitative estimate of drug-likeness (QED) is 0.359. The molecule has 4 rings (SSSR count). The molecule has 4 aromatic rings. The minimum absolute atomic E-state index is 0.751. The van der Waals surface area contributed by atoms with Gasteiger partial charge in [0.2, 0.25) is 5.13 Å². The predicted octanol–water partition coefficient (Wildman–Crippen LogP) is 5.73. The van der Waals surface area contributed by atoms with Gasteiger partial charge in [0.05, 0.1) is 19.0 Å². The Hall–Kier alpha value is -3.18. The summed E-state index contributed by atoms with van der Waals surface area (Å²) in [7, 11) is 1.67. The number of anilines is 1. The lowest BCUT2D eigenvalue weighted by molar-refractivity contribution is 0.415. The topological polar surface area (TPSA) is 46.5 Å². The van der Waals surface area contributed by atoms with Crippen molar-refractivity contribution in [2.45, 2.75) is 6.92 Å². The predicted molar refractivity (Wildman–Crippen MR) is 114 cm³/mol. The van der Waals surface area contributed by atoms with Crippen molar-refractivity contribution in [1.82, 2.24) is 4.98 Å². The molecule has 0 amide bonds. The Morgan fingerprint density at radius 1 is 1.04 bits per heavy atom. The van der Waals surface area contributed by atoms with Crippen molar-refractivity contribution >= 4 is 33.5 Å². The van der Waals surface area contributed by atoms with E-state index < -0.39 is 0 Å². The van der Waals surface area contributed by atoms with Crippen molar-refractivity contribution in [2.75, 3.05) is 12.5 Å². The molecule has 0 aliphatic rings. The van der Waals surface area contributed by atoms with E-state index in [1.54, 1.807) is 13.3 Å². The highest BCUT2D eigenvalue weighted by Crippen LogP contribution is 2.27. The summed E-state index contributed by atoms with van der Waals surface area (Å²) >= 11 is 1.53. The third-order valence-corrected chi connectivity index (χ3v) is 5.10. The Morgan fingerprint density at radius 3 is 2.67 bits per heavy atom. The van der Waals surface area contributed by atoms with Crippen LogP contribution in [0.5, 0.6) is 5.75 Å². The van der Waals surface area contributed by atoms with Crippen molar-refractivity contribution in [3.05, 3.63) is 77.2 Å². The minimum Gasteiger partial charge on any atom is -0.496 e. The van der Waals surface area contributed by atoms with Gasteiger partial charge in [-0.2, -0.15) is 5.10 Å². The standard InChI is InChI=1S/C22H19N3OS/c1-15-7-9-17(10-8-15)20-14-27-22(24-20)25-23-13-19-18-6-4-3-5-16(18)11-12-21(19)26-2/h3-14H,1-2H3,(H,24,25)/b23-13+. The second-order valence-corrected chi connectivity index (χ2v) is 7.03.